The van der Waals surface area contributed by atoms with Gasteiger partial charge in [-0.2, -0.15) is 0 Å². The number of benzene rings is 3. The van der Waals surface area contributed by atoms with Gasteiger partial charge in [0.2, 0.25) is 17.7 Å². The highest BCUT2D eigenvalue weighted by atomic mass is 16.6. The molecule has 76 heavy (non-hydrogen) atoms. The van der Waals surface area contributed by atoms with Crippen molar-refractivity contribution in [3.05, 3.63) is 119 Å². The second kappa shape index (κ2) is 21.8. The molecule has 2 N–H and O–H groups in total. The van der Waals surface area contributed by atoms with Crippen LogP contribution < -0.4 is 5.32 Å². The van der Waals surface area contributed by atoms with Crippen molar-refractivity contribution in [1.29, 1.82) is 0 Å². The molecule has 2 heterocycles. The second-order valence-corrected chi connectivity index (χ2v) is 22.8. The van der Waals surface area contributed by atoms with Crippen LogP contribution in [0.1, 0.15) is 136 Å². The van der Waals surface area contributed by atoms with Crippen LogP contribution in [-0.4, -0.2) is 99.6 Å². The predicted octanol–water partition coefficient (Wildman–Crippen LogP) is 8.02. The number of esters is 4. The zero-order valence-electron chi connectivity index (χ0n) is 45.9. The van der Waals surface area contributed by atoms with Gasteiger partial charge in [0.25, 0.3) is 0 Å². The van der Waals surface area contributed by atoms with Gasteiger partial charge < -0.3 is 34.1 Å². The van der Waals surface area contributed by atoms with Gasteiger partial charge in [0, 0.05) is 42.9 Å². The number of ether oxygens (including phenoxy) is 5. The van der Waals surface area contributed by atoms with Crippen molar-refractivity contribution in [3.63, 3.8) is 0 Å². The number of nitrogens with zero attached hydrogens (tertiary/aromatic N) is 1. The average molecular weight is 1050 g/mol. The molecule has 13 atom stereocenters. The topological polar surface area (TPSA) is 218 Å². The summed E-state index contributed by atoms with van der Waals surface area (Å²) in [7, 11) is 0. The summed E-state index contributed by atoms with van der Waals surface area (Å²) in [5.41, 5.74) is -4.35. The molecule has 8 rings (SSSR count). The molecule has 3 aromatic rings. The van der Waals surface area contributed by atoms with Gasteiger partial charge in [-0.3, -0.25) is 38.5 Å². The van der Waals surface area contributed by atoms with E-state index in [1.54, 1.807) is 103 Å². The first-order valence-corrected chi connectivity index (χ1v) is 26.3. The molecule has 16 nitrogen and oxygen atoms in total. The lowest BCUT2D eigenvalue weighted by Gasteiger charge is -2.68. The number of β-lactam (4-membered cyclic amide) rings is 1. The Morgan fingerprint density at radius 3 is 1.88 bits per heavy atom. The minimum Gasteiger partial charge on any atom is -0.457 e. The fourth-order valence-corrected chi connectivity index (χ4v) is 12.4. The summed E-state index contributed by atoms with van der Waals surface area (Å²) in [5, 5.41) is 16.7. The number of ketones is 1. The third-order valence-electron chi connectivity index (χ3n) is 17.0. The smallest absolute Gasteiger partial charge is 0.338 e. The third-order valence-corrected chi connectivity index (χ3v) is 17.0. The number of fused-ring (bicyclic) bond motifs is 5. The van der Waals surface area contributed by atoms with E-state index in [2.05, 4.69) is 5.32 Å². The van der Waals surface area contributed by atoms with Crippen LogP contribution in [-0.2, 0) is 57.2 Å². The standard InChI is InChI=1S/C46H57NO12.C14H17NO2/c1-24(2)40(51)47-35(30-17-13-11-14-18-30)27(5)41(52)57-32-22-46(54)39(58-42(53)31-19-15-12-16-20-31)37-44(10,25(3)21-33-45(37,23-55-33)59-29(7)49)38(50)36(56-28(6)48)34(26(32)4)43(46,8)9;1-9(2)13(16)15-12(10(3)14(15)17)11-7-5-4-6-8-11/h11-20,24-25,27,32-33,35-37,39,54H,21-23H2,1-10H3,(H,47,51);4-10,12H,1-3H3/t25-,27+,32?,33?,35?,36?,37?,39?,44+,45?,46?;10-,12?/m01/s1. The Morgan fingerprint density at radius 1 is 0.776 bits per heavy atom. The van der Waals surface area contributed by atoms with E-state index in [0.29, 0.717) is 11.1 Å². The summed E-state index contributed by atoms with van der Waals surface area (Å²) in [6.45, 7) is 21.5. The predicted molar refractivity (Wildman–Crippen MR) is 278 cm³/mol. The van der Waals surface area contributed by atoms with Crippen molar-refractivity contribution in [2.75, 3.05) is 6.61 Å². The molecule has 0 radical (unpaired) electrons. The lowest BCUT2D eigenvalue weighted by molar-refractivity contribution is -0.340. The maximum absolute atomic E-state index is 15.6. The van der Waals surface area contributed by atoms with Gasteiger partial charge in [-0.15, -0.1) is 0 Å². The molecule has 5 aliphatic rings. The largest absolute Gasteiger partial charge is 0.457 e. The quantitative estimate of drug-likeness (QED) is 0.0760. The van der Waals surface area contributed by atoms with Crippen molar-refractivity contribution in [3.8, 4) is 0 Å². The Kier molecular flexibility index (Phi) is 16.4. The number of aliphatic hydroxyl groups is 1. The van der Waals surface area contributed by atoms with Crippen LogP contribution in [0.3, 0.4) is 0 Å². The molecule has 408 valence electrons. The molecule has 2 saturated heterocycles. The first-order valence-electron chi connectivity index (χ1n) is 26.3. The molecule has 2 aliphatic heterocycles. The maximum Gasteiger partial charge on any atom is 0.338 e. The fourth-order valence-electron chi connectivity index (χ4n) is 12.4. The summed E-state index contributed by atoms with van der Waals surface area (Å²) in [6.07, 6.45) is -5.21. The zero-order valence-corrected chi connectivity index (χ0v) is 45.9. The minimum atomic E-state index is -2.18. The molecule has 0 aromatic heterocycles. The number of hydrogen-bond acceptors (Lipinski definition) is 14. The van der Waals surface area contributed by atoms with Gasteiger partial charge >= 0.3 is 23.9 Å². The van der Waals surface area contributed by atoms with Gasteiger partial charge in [-0.25, -0.2) is 4.79 Å². The van der Waals surface area contributed by atoms with Gasteiger partial charge in [0.05, 0.1) is 42.0 Å². The molecule has 4 fully saturated rings. The first-order chi connectivity index (χ1) is 35.6. The van der Waals surface area contributed by atoms with E-state index in [1.807, 2.05) is 64.1 Å². The van der Waals surface area contributed by atoms with Crippen molar-refractivity contribution in [2.24, 2.45) is 46.3 Å². The number of rotatable bonds is 12. The second-order valence-electron chi connectivity index (χ2n) is 22.8. The van der Waals surface area contributed by atoms with Crippen LogP contribution in [0.15, 0.2) is 102 Å². The van der Waals surface area contributed by atoms with E-state index in [1.165, 1.54) is 18.7 Å². The van der Waals surface area contributed by atoms with Gasteiger partial charge in [-0.05, 0) is 60.6 Å². The fraction of sp³-hybridized carbons (Fsp3) is 0.533. The highest BCUT2D eigenvalue weighted by Crippen LogP contribution is 2.66. The van der Waals surface area contributed by atoms with E-state index >= 15 is 4.79 Å². The van der Waals surface area contributed by atoms with Gasteiger partial charge in [0.1, 0.15) is 23.9 Å². The van der Waals surface area contributed by atoms with Crippen molar-refractivity contribution in [1.82, 2.24) is 10.2 Å². The van der Waals surface area contributed by atoms with Gasteiger partial charge in [0.15, 0.2) is 17.5 Å². The third kappa shape index (κ3) is 10.0. The van der Waals surface area contributed by atoms with Crippen LogP contribution in [0.2, 0.25) is 0 Å². The number of hydrogen-bond donors (Lipinski definition) is 2. The number of carbonyl (C=O) groups is 8. The zero-order chi connectivity index (χ0) is 56.0. The van der Waals surface area contributed by atoms with Crippen LogP contribution in [0, 0.1) is 46.3 Å². The Hall–Kier alpha value is -6.52. The molecule has 3 aromatic carbocycles. The Bertz CT molecular complexity index is 2760. The highest BCUT2D eigenvalue weighted by Gasteiger charge is 2.78. The summed E-state index contributed by atoms with van der Waals surface area (Å²) >= 11 is 0. The minimum absolute atomic E-state index is 0.0578. The van der Waals surface area contributed by atoms with Crippen LogP contribution >= 0.6 is 0 Å². The molecular formula is C60H74N2O14. The van der Waals surface area contributed by atoms with E-state index in [0.717, 1.165) is 5.56 Å². The van der Waals surface area contributed by atoms with Crippen LogP contribution in [0.5, 0.6) is 0 Å². The van der Waals surface area contributed by atoms with Crippen molar-refractivity contribution in [2.45, 2.75) is 151 Å². The number of Topliss-reactive ketones (excluding diaryl/α,β-unsaturated/α-hetero) is 1. The Labute approximate surface area is 445 Å². The first kappa shape index (κ1) is 57.2. The van der Waals surface area contributed by atoms with E-state index < -0.39 is 99.9 Å². The molecule has 2 saturated carbocycles. The van der Waals surface area contributed by atoms with Crippen LogP contribution in [0.4, 0.5) is 0 Å². The number of likely N-dealkylation sites (tertiary alicyclic amines) is 1. The summed E-state index contributed by atoms with van der Waals surface area (Å²) in [6, 6.07) is 26.1. The molecule has 3 amide bonds. The Balaban J connectivity index is 0.000000417. The van der Waals surface area contributed by atoms with Crippen molar-refractivity contribution >= 4 is 47.4 Å². The Morgan fingerprint density at radius 2 is 1.36 bits per heavy atom. The molecule has 16 heteroatoms. The number of carbonyl (C=O) groups excluding carboxylic acids is 8. The highest BCUT2D eigenvalue weighted by molar-refractivity contribution is 6.02. The number of imide groups is 1. The summed E-state index contributed by atoms with van der Waals surface area (Å²) < 4.78 is 31.1. The van der Waals surface area contributed by atoms with E-state index in [4.69, 9.17) is 23.7 Å². The lowest BCUT2D eigenvalue weighted by Crippen LogP contribution is -2.80. The average Bonchev–Trinajstić information content (AvgIpc) is 3.37. The molecule has 9 unspecified atom stereocenters. The normalized spacial score (nSPS) is 31.0. The molecule has 3 aliphatic carbocycles. The molecule has 0 spiro atoms. The maximum atomic E-state index is 15.6. The summed E-state index contributed by atoms with van der Waals surface area (Å²) in [4.78, 5) is 109. The lowest BCUT2D eigenvalue weighted by atomic mass is 9.43. The molecular weight excluding hydrogens is 973 g/mol. The molecule has 2 bridgehead atoms. The van der Waals surface area contributed by atoms with Crippen molar-refractivity contribution < 1.29 is 67.1 Å². The number of amides is 3. The van der Waals surface area contributed by atoms with Crippen LogP contribution in [0.25, 0.3) is 0 Å². The van der Waals surface area contributed by atoms with E-state index in [-0.39, 0.29) is 72.1 Å². The monoisotopic (exact) mass is 1050 g/mol. The summed E-state index contributed by atoms with van der Waals surface area (Å²) in [5.74, 6) is -7.26. The van der Waals surface area contributed by atoms with Gasteiger partial charge in [-0.1, -0.05) is 141 Å². The number of nitrogens with one attached hydrogen (secondary N) is 1. The van der Waals surface area contributed by atoms with E-state index in [9.17, 15) is 38.7 Å². The SMILES string of the molecule is CC(=O)OC1C(=O)[C@@]2(C)C(C(OC(=O)c3ccccc3)C3(O)CC(OC(=O)[C@H](C)C(NC(=O)C(C)C)c4ccccc4)C(C)=C1C3(C)C)C1(OC(C)=O)COC1C[C@@H]2C.CC(C)C(=O)N1C(=O)[C@H](C)C1c1ccccc1.